The number of hydrogen-bond acceptors (Lipinski definition) is 6. The van der Waals surface area contributed by atoms with E-state index in [-0.39, 0.29) is 0 Å². The predicted molar refractivity (Wildman–Crippen MR) is 48.9 cm³/mol. The van der Waals surface area contributed by atoms with Crippen molar-refractivity contribution in [3.05, 3.63) is 0 Å². The van der Waals surface area contributed by atoms with E-state index in [1.165, 1.54) is 22.6 Å². The summed E-state index contributed by atoms with van der Waals surface area (Å²) in [6, 6.07) is 0. The van der Waals surface area contributed by atoms with Crippen molar-refractivity contribution in [2.75, 3.05) is 6.61 Å². The summed E-state index contributed by atoms with van der Waals surface area (Å²) in [5.74, 6) is 0. The van der Waals surface area contributed by atoms with Crippen LogP contribution in [-0.4, -0.2) is 60.3 Å². The Hall–Kier alpha value is 0.490. The molecular formula is C6H11IO6. The summed E-state index contributed by atoms with van der Waals surface area (Å²) in [4.78, 5) is 0. The van der Waals surface area contributed by atoms with Crippen molar-refractivity contribution in [1.82, 2.24) is 0 Å². The smallest absolute Gasteiger partial charge is 0.248 e. The molecule has 5 N–H and O–H groups in total. The Morgan fingerprint density at radius 2 is 1.77 bits per heavy atom. The van der Waals surface area contributed by atoms with Gasteiger partial charge in [-0.05, 0) is 22.6 Å². The summed E-state index contributed by atoms with van der Waals surface area (Å²) >= 11 is 1.38. The fraction of sp³-hybridized carbons (Fsp3) is 1.00. The molecule has 0 saturated carbocycles. The zero-order valence-electron chi connectivity index (χ0n) is 6.54. The van der Waals surface area contributed by atoms with Crippen LogP contribution in [0.15, 0.2) is 0 Å². The van der Waals surface area contributed by atoms with Crippen molar-refractivity contribution in [2.45, 2.75) is 28.2 Å². The predicted octanol–water partition coefficient (Wildman–Crippen LogP) is -2.46. The molecule has 6 nitrogen and oxygen atoms in total. The van der Waals surface area contributed by atoms with Gasteiger partial charge in [-0.3, -0.25) is 0 Å². The fourth-order valence-corrected chi connectivity index (χ4v) is 1.81. The van der Waals surface area contributed by atoms with Gasteiger partial charge in [-0.25, -0.2) is 0 Å². The van der Waals surface area contributed by atoms with Crippen molar-refractivity contribution in [1.29, 1.82) is 0 Å². The molecule has 0 aliphatic carbocycles. The number of aliphatic hydroxyl groups excluding tert-OH is 4. The first kappa shape index (κ1) is 11.6. The van der Waals surface area contributed by atoms with E-state index in [1.54, 1.807) is 0 Å². The van der Waals surface area contributed by atoms with Crippen LogP contribution in [0.25, 0.3) is 0 Å². The van der Waals surface area contributed by atoms with Crippen LogP contribution in [0.5, 0.6) is 0 Å². The molecule has 7 heteroatoms. The van der Waals surface area contributed by atoms with Gasteiger partial charge in [-0.1, -0.05) is 0 Å². The molecule has 1 rings (SSSR count). The van der Waals surface area contributed by atoms with Crippen molar-refractivity contribution >= 4 is 22.6 Å². The maximum atomic E-state index is 9.36. The first-order valence-electron chi connectivity index (χ1n) is 3.64. The average Bonchev–Trinajstić information content (AvgIpc) is 2.08. The van der Waals surface area contributed by atoms with E-state index in [0.717, 1.165) is 0 Å². The first-order valence-corrected chi connectivity index (χ1v) is 4.72. The second-order valence-corrected chi connectivity index (χ2v) is 4.42. The highest BCUT2D eigenvalue weighted by atomic mass is 127. The molecule has 0 aromatic carbocycles. The largest absolute Gasteiger partial charge is 0.394 e. The molecule has 1 unspecified atom stereocenters. The van der Waals surface area contributed by atoms with Gasteiger partial charge in [0.15, 0.2) is 0 Å². The standard InChI is InChI=1S/C6H11IO6/c7-6(12)5(11)4(10)3(9)2(1-8)13-6/h2-5,8-12H,1H2/t2-,3+,4+,5-,6?/m1/s1. The van der Waals surface area contributed by atoms with Crippen LogP contribution in [0, 0.1) is 0 Å². The monoisotopic (exact) mass is 306 g/mol. The van der Waals surface area contributed by atoms with Crippen LogP contribution < -0.4 is 0 Å². The summed E-state index contributed by atoms with van der Waals surface area (Å²) in [6.45, 7) is -0.545. The van der Waals surface area contributed by atoms with E-state index in [4.69, 9.17) is 9.84 Å². The van der Waals surface area contributed by atoms with E-state index in [0.29, 0.717) is 0 Å². The molecular weight excluding hydrogens is 295 g/mol. The first-order chi connectivity index (χ1) is 5.90. The highest BCUT2D eigenvalue weighted by molar-refractivity contribution is 14.1. The second-order valence-electron chi connectivity index (χ2n) is 2.87. The number of halogens is 1. The van der Waals surface area contributed by atoms with Crippen LogP contribution >= 0.6 is 22.6 Å². The molecule has 0 radical (unpaired) electrons. The SMILES string of the molecule is OC[C@H]1OC(O)(I)[C@H](O)[C@@H](O)[C@H]1O. The highest BCUT2D eigenvalue weighted by Crippen LogP contribution is 2.32. The van der Waals surface area contributed by atoms with Crippen LogP contribution in [0.4, 0.5) is 0 Å². The van der Waals surface area contributed by atoms with Crippen molar-refractivity contribution in [2.24, 2.45) is 0 Å². The van der Waals surface area contributed by atoms with E-state index in [2.05, 4.69) is 0 Å². The Balaban J connectivity index is 2.79. The molecule has 1 saturated heterocycles. The lowest BCUT2D eigenvalue weighted by Crippen LogP contribution is -2.62. The minimum atomic E-state index is -1.98. The maximum Gasteiger partial charge on any atom is 0.248 e. The lowest BCUT2D eigenvalue weighted by atomic mass is 9.99. The zero-order valence-corrected chi connectivity index (χ0v) is 8.70. The van der Waals surface area contributed by atoms with E-state index in [9.17, 15) is 20.4 Å². The molecule has 0 spiro atoms. The molecule has 0 aromatic heterocycles. The topological polar surface area (TPSA) is 110 Å². The lowest BCUT2D eigenvalue weighted by Gasteiger charge is -2.42. The second kappa shape index (κ2) is 3.93. The van der Waals surface area contributed by atoms with Gasteiger partial charge in [0.25, 0.3) is 0 Å². The minimum absolute atomic E-state index is 0.545. The number of rotatable bonds is 1. The third-order valence-electron chi connectivity index (χ3n) is 1.92. The Morgan fingerprint density at radius 3 is 2.23 bits per heavy atom. The van der Waals surface area contributed by atoms with Gasteiger partial charge >= 0.3 is 0 Å². The maximum absolute atomic E-state index is 9.36. The third-order valence-corrected chi connectivity index (χ3v) is 2.81. The van der Waals surface area contributed by atoms with Crippen molar-refractivity contribution < 1.29 is 30.3 Å². The molecule has 1 heterocycles. The van der Waals surface area contributed by atoms with Gasteiger partial charge in [0.05, 0.1) is 6.61 Å². The van der Waals surface area contributed by atoms with Crippen molar-refractivity contribution in [3.63, 3.8) is 0 Å². The molecule has 1 aliphatic heterocycles. The summed E-state index contributed by atoms with van der Waals surface area (Å²) in [7, 11) is 0. The normalized spacial score (nSPS) is 52.2. The van der Waals surface area contributed by atoms with E-state index in [1.807, 2.05) is 0 Å². The number of aliphatic hydroxyl groups is 5. The summed E-state index contributed by atoms with van der Waals surface area (Å²) in [6.07, 6.45) is -5.64. The van der Waals surface area contributed by atoms with Gasteiger partial charge in [-0.15, -0.1) is 0 Å². The molecule has 0 amide bonds. The third kappa shape index (κ3) is 2.12. The van der Waals surface area contributed by atoms with Gasteiger partial charge < -0.3 is 30.3 Å². The Kier molecular flexibility index (Phi) is 3.49. The molecule has 1 fully saturated rings. The summed E-state index contributed by atoms with van der Waals surface area (Å²) in [5.41, 5.74) is 0. The number of hydrogen-bond donors (Lipinski definition) is 5. The van der Waals surface area contributed by atoms with E-state index >= 15 is 0 Å². The van der Waals surface area contributed by atoms with Crippen LogP contribution in [0.1, 0.15) is 0 Å². The lowest BCUT2D eigenvalue weighted by molar-refractivity contribution is -0.296. The number of ether oxygens (including phenoxy) is 1. The summed E-state index contributed by atoms with van der Waals surface area (Å²) in [5, 5.41) is 45.7. The minimum Gasteiger partial charge on any atom is -0.394 e. The Labute approximate surface area is 87.9 Å². The van der Waals surface area contributed by atoms with Gasteiger partial charge in [0, 0.05) is 0 Å². The molecule has 13 heavy (non-hydrogen) atoms. The van der Waals surface area contributed by atoms with Crippen LogP contribution in [-0.2, 0) is 4.74 Å². The van der Waals surface area contributed by atoms with E-state index < -0.39 is 34.8 Å². The molecule has 78 valence electrons. The molecule has 1 aliphatic rings. The summed E-state index contributed by atoms with van der Waals surface area (Å²) < 4.78 is 2.77. The zero-order chi connectivity index (χ0) is 10.2. The van der Waals surface area contributed by atoms with Crippen LogP contribution in [0.2, 0.25) is 0 Å². The van der Waals surface area contributed by atoms with Gasteiger partial charge in [-0.2, -0.15) is 0 Å². The molecule has 0 aromatic rings. The molecule has 0 bridgehead atoms. The Bertz CT molecular complexity index is 184. The Morgan fingerprint density at radius 1 is 1.23 bits per heavy atom. The molecule has 5 atom stereocenters. The quantitative estimate of drug-likeness (QED) is 0.271. The van der Waals surface area contributed by atoms with Gasteiger partial charge in [0.1, 0.15) is 24.4 Å². The fourth-order valence-electron chi connectivity index (χ4n) is 1.11. The van der Waals surface area contributed by atoms with Crippen molar-refractivity contribution in [3.8, 4) is 0 Å². The number of alkyl halides is 1. The average molecular weight is 306 g/mol. The van der Waals surface area contributed by atoms with Gasteiger partial charge in [0.2, 0.25) is 3.79 Å². The highest BCUT2D eigenvalue weighted by Gasteiger charge is 2.51. The van der Waals surface area contributed by atoms with Crippen LogP contribution in [0.3, 0.4) is 0 Å².